The SMILES string of the molecule is C=CCCCOC(=O)c1ccc(C#Cc2ccc(-c3cccc(-c4ccc(C#Cc5ccc(C(=O)OCCCC=C)cc5)cc4)c3C(=N[C@H](C)c3ccccc3)NC(C)c3ccccc3)cc2)cc1. The van der Waals surface area contributed by atoms with Crippen molar-refractivity contribution in [3.8, 4) is 45.9 Å². The highest BCUT2D eigenvalue weighted by Crippen LogP contribution is 2.35. The average molecular weight is 905 g/mol. The molecule has 7 aromatic carbocycles. The molecule has 0 saturated heterocycles. The Morgan fingerprint density at radius 1 is 0.522 bits per heavy atom. The van der Waals surface area contributed by atoms with E-state index in [1.165, 1.54) is 0 Å². The topological polar surface area (TPSA) is 77.0 Å². The number of hydrogen-bond donors (Lipinski definition) is 1. The molecule has 0 aliphatic carbocycles. The molecule has 0 heterocycles. The van der Waals surface area contributed by atoms with E-state index in [-0.39, 0.29) is 24.0 Å². The molecule has 69 heavy (non-hydrogen) atoms. The van der Waals surface area contributed by atoms with Crippen LogP contribution in [0, 0.1) is 23.7 Å². The number of carbonyl (C=O) groups excluding carboxylic acids is 2. The van der Waals surface area contributed by atoms with Gasteiger partial charge >= 0.3 is 11.9 Å². The molecular weight excluding hydrogens is 849 g/mol. The molecule has 1 N–H and O–H groups in total. The number of carbonyl (C=O) groups is 2. The van der Waals surface area contributed by atoms with Gasteiger partial charge in [-0.2, -0.15) is 0 Å². The first-order chi connectivity index (χ1) is 33.8. The number of aliphatic imine (C=N–C) groups is 1. The third-order valence-electron chi connectivity index (χ3n) is 11.5. The number of allylic oxidation sites excluding steroid dienone is 2. The van der Waals surface area contributed by atoms with Crippen LogP contribution in [0.3, 0.4) is 0 Å². The number of unbranched alkanes of at least 4 members (excludes halogenated alkanes) is 2. The Morgan fingerprint density at radius 2 is 0.913 bits per heavy atom. The highest BCUT2D eigenvalue weighted by Gasteiger charge is 2.21. The Balaban J connectivity index is 1.21. The molecule has 0 fully saturated rings. The summed E-state index contributed by atoms with van der Waals surface area (Å²) in [6, 6.07) is 57.9. The van der Waals surface area contributed by atoms with Gasteiger partial charge in [-0.1, -0.05) is 139 Å². The number of rotatable bonds is 17. The third-order valence-corrected chi connectivity index (χ3v) is 11.5. The van der Waals surface area contributed by atoms with E-state index in [2.05, 4.69) is 135 Å². The number of benzene rings is 7. The molecule has 0 spiro atoms. The van der Waals surface area contributed by atoms with Crippen LogP contribution in [0.1, 0.15) is 111 Å². The van der Waals surface area contributed by atoms with Crippen LogP contribution in [0.15, 0.2) is 206 Å². The molecule has 1 unspecified atom stereocenters. The fraction of sp³-hybridized carbons (Fsp3) is 0.159. The van der Waals surface area contributed by atoms with Crippen LogP contribution in [0.25, 0.3) is 22.3 Å². The van der Waals surface area contributed by atoms with E-state index in [1.807, 2.05) is 84.9 Å². The van der Waals surface area contributed by atoms with E-state index in [0.29, 0.717) is 24.3 Å². The zero-order valence-corrected chi connectivity index (χ0v) is 39.3. The van der Waals surface area contributed by atoms with Crippen molar-refractivity contribution in [1.82, 2.24) is 5.32 Å². The molecular formula is C63H56N2O4. The van der Waals surface area contributed by atoms with E-state index in [1.54, 1.807) is 24.3 Å². The molecule has 0 aliphatic heterocycles. The summed E-state index contributed by atoms with van der Waals surface area (Å²) in [7, 11) is 0. The summed E-state index contributed by atoms with van der Waals surface area (Å²) in [6.07, 6.45) is 6.73. The molecule has 0 radical (unpaired) electrons. The maximum Gasteiger partial charge on any atom is 0.338 e. The van der Waals surface area contributed by atoms with Crippen molar-refractivity contribution in [2.45, 2.75) is 51.6 Å². The molecule has 0 aliphatic rings. The van der Waals surface area contributed by atoms with E-state index in [0.717, 1.165) is 92.7 Å². The molecule has 6 nitrogen and oxygen atoms in total. The molecule has 342 valence electrons. The van der Waals surface area contributed by atoms with Gasteiger partial charge in [-0.15, -0.1) is 13.2 Å². The van der Waals surface area contributed by atoms with Crippen molar-refractivity contribution >= 4 is 17.8 Å². The van der Waals surface area contributed by atoms with Gasteiger partial charge in [0, 0.05) is 33.9 Å². The quantitative estimate of drug-likeness (QED) is 0.0246. The molecule has 0 saturated carbocycles. The van der Waals surface area contributed by atoms with Crippen molar-refractivity contribution in [2.75, 3.05) is 13.2 Å². The highest BCUT2D eigenvalue weighted by molar-refractivity contribution is 6.10. The first-order valence-electron chi connectivity index (χ1n) is 23.4. The molecule has 2 atom stereocenters. The molecule has 0 bridgehead atoms. The number of hydrogen-bond acceptors (Lipinski definition) is 5. The van der Waals surface area contributed by atoms with Gasteiger partial charge in [0.1, 0.15) is 5.84 Å². The summed E-state index contributed by atoms with van der Waals surface area (Å²) in [5.41, 5.74) is 11.6. The Morgan fingerprint density at radius 3 is 1.32 bits per heavy atom. The third kappa shape index (κ3) is 13.8. The number of esters is 2. The van der Waals surface area contributed by atoms with Gasteiger partial charge in [0.05, 0.1) is 30.4 Å². The van der Waals surface area contributed by atoms with Crippen LogP contribution in [0.5, 0.6) is 0 Å². The smallest absolute Gasteiger partial charge is 0.338 e. The average Bonchev–Trinajstić information content (AvgIpc) is 3.40. The summed E-state index contributed by atoms with van der Waals surface area (Å²) in [6.45, 7) is 12.4. The van der Waals surface area contributed by atoms with Gasteiger partial charge in [-0.25, -0.2) is 9.59 Å². The lowest BCUT2D eigenvalue weighted by Gasteiger charge is -2.24. The Bertz CT molecular complexity index is 2840. The summed E-state index contributed by atoms with van der Waals surface area (Å²) in [5.74, 6) is 13.2. The van der Waals surface area contributed by atoms with E-state index in [9.17, 15) is 9.59 Å². The number of ether oxygens (including phenoxy) is 2. The summed E-state index contributed by atoms with van der Waals surface area (Å²) >= 11 is 0. The first-order valence-corrected chi connectivity index (χ1v) is 23.4. The van der Waals surface area contributed by atoms with E-state index >= 15 is 0 Å². The van der Waals surface area contributed by atoms with E-state index < -0.39 is 0 Å². The molecule has 0 aromatic heterocycles. The Labute approximate surface area is 407 Å². The van der Waals surface area contributed by atoms with Gasteiger partial charge in [-0.3, -0.25) is 4.99 Å². The number of nitrogens with zero attached hydrogens (tertiary/aromatic N) is 1. The normalized spacial score (nSPS) is 11.7. The van der Waals surface area contributed by atoms with Crippen molar-refractivity contribution < 1.29 is 19.1 Å². The lowest BCUT2D eigenvalue weighted by molar-refractivity contribution is 0.0492. The monoisotopic (exact) mass is 904 g/mol. The summed E-state index contributed by atoms with van der Waals surface area (Å²) < 4.78 is 10.8. The lowest BCUT2D eigenvalue weighted by Crippen LogP contribution is -2.29. The molecule has 7 aromatic rings. The first kappa shape index (κ1) is 48.5. The van der Waals surface area contributed by atoms with Crippen molar-refractivity contribution in [2.24, 2.45) is 4.99 Å². The van der Waals surface area contributed by atoms with Crippen molar-refractivity contribution in [1.29, 1.82) is 0 Å². The van der Waals surface area contributed by atoms with Crippen LogP contribution in [0.4, 0.5) is 0 Å². The van der Waals surface area contributed by atoms with Crippen molar-refractivity contribution in [3.63, 3.8) is 0 Å². The largest absolute Gasteiger partial charge is 0.462 e. The number of nitrogens with one attached hydrogen (secondary N) is 1. The Kier molecular flexibility index (Phi) is 17.5. The zero-order valence-electron chi connectivity index (χ0n) is 39.3. The lowest BCUT2D eigenvalue weighted by atomic mass is 9.89. The van der Waals surface area contributed by atoms with Gasteiger partial charge < -0.3 is 14.8 Å². The van der Waals surface area contributed by atoms with Crippen LogP contribution < -0.4 is 5.32 Å². The fourth-order valence-electron chi connectivity index (χ4n) is 7.58. The highest BCUT2D eigenvalue weighted by atomic mass is 16.5. The number of amidine groups is 1. The molecule has 7 rings (SSSR count). The van der Waals surface area contributed by atoms with Gasteiger partial charge in [0.2, 0.25) is 0 Å². The second-order valence-corrected chi connectivity index (χ2v) is 16.5. The molecule has 6 heteroatoms. The second kappa shape index (κ2) is 24.9. The van der Waals surface area contributed by atoms with Crippen molar-refractivity contribution in [3.05, 3.63) is 251 Å². The molecule has 0 amide bonds. The maximum atomic E-state index is 12.5. The minimum Gasteiger partial charge on any atom is -0.462 e. The van der Waals surface area contributed by atoms with E-state index in [4.69, 9.17) is 14.5 Å². The van der Waals surface area contributed by atoms with Crippen LogP contribution in [-0.4, -0.2) is 31.0 Å². The van der Waals surface area contributed by atoms with Gasteiger partial charge in [0.15, 0.2) is 0 Å². The Hall–Kier alpha value is -8.45. The van der Waals surface area contributed by atoms with Crippen LogP contribution >= 0.6 is 0 Å². The standard InChI is InChI=1S/C63H56N2O4/c1-5-7-15-44-68-62(66)56-40-32-50(33-41-56)26-24-48-28-36-54(37-29-48)58-22-17-23-59(60(58)61(64-46(3)52-18-11-9-12-19-52)65-47(4)53-20-13-10-14-21-53)55-38-30-49(31-39-55)25-27-51-34-42-57(43-35-51)63(67)69-45-16-8-6-2/h5-6,9-14,17-23,28-43,46-47H,1-2,7-8,15-16,44-45H2,3-4H3,(H,64,65)/t46-,47?/m1/s1. The fourth-order valence-corrected chi connectivity index (χ4v) is 7.58. The maximum absolute atomic E-state index is 12.5. The second-order valence-electron chi connectivity index (χ2n) is 16.5. The summed E-state index contributed by atoms with van der Waals surface area (Å²) in [5, 5.41) is 3.86. The van der Waals surface area contributed by atoms with Gasteiger partial charge in [0.25, 0.3) is 0 Å². The van der Waals surface area contributed by atoms with Crippen LogP contribution in [-0.2, 0) is 9.47 Å². The minimum absolute atomic E-state index is 0.0618. The predicted molar refractivity (Wildman–Crippen MR) is 281 cm³/mol. The minimum atomic E-state index is -0.344. The summed E-state index contributed by atoms with van der Waals surface area (Å²) in [4.78, 5) is 30.4. The zero-order chi connectivity index (χ0) is 48.2. The predicted octanol–water partition coefficient (Wildman–Crippen LogP) is 13.9. The van der Waals surface area contributed by atoms with Gasteiger partial charge in [-0.05, 0) is 146 Å². The van der Waals surface area contributed by atoms with Crippen LogP contribution in [0.2, 0.25) is 0 Å².